The molecule has 1 aliphatic heterocycles. The van der Waals surface area contributed by atoms with Crippen LogP contribution in [0.5, 0.6) is 0 Å². The minimum absolute atomic E-state index is 0.398. The summed E-state index contributed by atoms with van der Waals surface area (Å²) in [5, 5.41) is 27.9. The number of rotatable bonds is 3. The highest BCUT2D eigenvalue weighted by atomic mass is 16.7. The van der Waals surface area contributed by atoms with Crippen molar-refractivity contribution in [2.24, 2.45) is 0 Å². The van der Waals surface area contributed by atoms with Crippen LogP contribution in [0, 0.1) is 0 Å². The second-order valence-corrected chi connectivity index (χ2v) is 3.00. The number of ether oxygens (including phenoxy) is 3. The Kier molecular flexibility index (Phi) is 3.23. The minimum atomic E-state index is -1.50. The first-order valence-electron chi connectivity index (χ1n) is 5.51. The highest BCUT2D eigenvalue weighted by molar-refractivity contribution is 4.90. The molecule has 0 bridgehead atoms. The van der Waals surface area contributed by atoms with Crippen molar-refractivity contribution >= 4 is 0 Å². The van der Waals surface area contributed by atoms with Gasteiger partial charge in [0.25, 0.3) is 0 Å². The van der Waals surface area contributed by atoms with E-state index in [1.807, 2.05) is 0 Å². The van der Waals surface area contributed by atoms with Crippen molar-refractivity contribution in [1.82, 2.24) is 0 Å². The molecule has 1 rings (SSSR count). The first-order chi connectivity index (χ1) is 7.65. The Labute approximate surface area is 84.8 Å². The summed E-state index contributed by atoms with van der Waals surface area (Å²) in [7, 11) is -0.824. The third kappa shape index (κ3) is 2.05. The summed E-state index contributed by atoms with van der Waals surface area (Å²) < 4.78 is 28.6. The van der Waals surface area contributed by atoms with Gasteiger partial charge in [0.15, 0.2) is 6.29 Å². The summed E-state index contributed by atoms with van der Waals surface area (Å²) in [6, 6.07) is 0. The number of aliphatic hydroxyl groups excluding tert-OH is 3. The van der Waals surface area contributed by atoms with Crippen molar-refractivity contribution in [2.45, 2.75) is 30.7 Å². The molecule has 0 saturated carbocycles. The Morgan fingerprint density at radius 2 is 1.93 bits per heavy atom. The van der Waals surface area contributed by atoms with Gasteiger partial charge in [0, 0.05) is 14.2 Å². The lowest BCUT2D eigenvalue weighted by molar-refractivity contribution is -0.294. The van der Waals surface area contributed by atoms with E-state index in [1.165, 1.54) is 0 Å². The smallest absolute Gasteiger partial charge is 0.184 e. The maximum atomic E-state index is 9.57. The fourth-order valence-corrected chi connectivity index (χ4v) is 1.45. The molecule has 1 saturated heterocycles. The van der Waals surface area contributed by atoms with Gasteiger partial charge in [-0.2, -0.15) is 0 Å². The molecule has 1 fully saturated rings. The zero-order valence-corrected chi connectivity index (χ0v) is 7.57. The standard InChI is InChI=1S/C8H16O6/c1-12-6-4(3-9)14-8(11)5(10)7(6)13-2/h4-11H,3H2,1-2H3/t4-,5-,6-,7-,8?/m1/s1/i1D,2D. The summed E-state index contributed by atoms with van der Waals surface area (Å²) in [5.74, 6) is 0. The largest absolute Gasteiger partial charge is 0.394 e. The van der Waals surface area contributed by atoms with Gasteiger partial charge in [0.05, 0.1) is 9.35 Å². The van der Waals surface area contributed by atoms with Gasteiger partial charge < -0.3 is 29.5 Å². The summed E-state index contributed by atoms with van der Waals surface area (Å²) in [4.78, 5) is 0. The molecule has 0 aliphatic carbocycles. The predicted molar refractivity (Wildman–Crippen MR) is 45.6 cm³/mol. The van der Waals surface area contributed by atoms with Crippen molar-refractivity contribution < 1.29 is 32.3 Å². The number of hydrogen-bond donors (Lipinski definition) is 3. The molecular formula is C8H16O6. The van der Waals surface area contributed by atoms with Gasteiger partial charge >= 0.3 is 0 Å². The lowest BCUT2D eigenvalue weighted by Crippen LogP contribution is -2.59. The Morgan fingerprint density at radius 3 is 2.50 bits per heavy atom. The topological polar surface area (TPSA) is 88.4 Å². The summed E-state index contributed by atoms with van der Waals surface area (Å²) >= 11 is 0. The molecule has 5 atom stereocenters. The highest BCUT2D eigenvalue weighted by Gasteiger charge is 2.44. The van der Waals surface area contributed by atoms with Gasteiger partial charge in [0.1, 0.15) is 24.4 Å². The molecule has 1 heterocycles. The lowest BCUT2D eigenvalue weighted by atomic mass is 9.99. The average Bonchev–Trinajstić information content (AvgIpc) is 2.28. The van der Waals surface area contributed by atoms with Crippen LogP contribution in [0.25, 0.3) is 0 Å². The lowest BCUT2D eigenvalue weighted by Gasteiger charge is -2.40. The zero-order chi connectivity index (χ0) is 12.1. The van der Waals surface area contributed by atoms with Gasteiger partial charge in [-0.25, -0.2) is 0 Å². The van der Waals surface area contributed by atoms with Crippen LogP contribution >= 0.6 is 0 Å². The van der Waals surface area contributed by atoms with E-state index in [-0.39, 0.29) is 0 Å². The molecule has 1 aliphatic rings. The summed E-state index contributed by atoms with van der Waals surface area (Å²) in [6.45, 7) is -0.438. The second-order valence-electron chi connectivity index (χ2n) is 3.00. The van der Waals surface area contributed by atoms with Crippen LogP contribution in [0.15, 0.2) is 0 Å². The molecule has 0 radical (unpaired) electrons. The molecule has 14 heavy (non-hydrogen) atoms. The van der Waals surface area contributed by atoms with E-state index in [2.05, 4.69) is 0 Å². The molecule has 0 spiro atoms. The van der Waals surface area contributed by atoms with E-state index in [0.717, 1.165) is 0 Å². The van der Waals surface area contributed by atoms with Crippen LogP contribution < -0.4 is 0 Å². The molecule has 6 heteroatoms. The predicted octanol–water partition coefficient (Wildman–Crippen LogP) is -1.91. The molecule has 0 aromatic heterocycles. The fourth-order valence-electron chi connectivity index (χ4n) is 1.45. The maximum absolute atomic E-state index is 9.57. The zero-order valence-electron chi connectivity index (χ0n) is 9.57. The monoisotopic (exact) mass is 210 g/mol. The normalized spacial score (nSPS) is 45.8. The number of hydrogen-bond acceptors (Lipinski definition) is 6. The van der Waals surface area contributed by atoms with E-state index in [4.69, 9.17) is 22.1 Å². The van der Waals surface area contributed by atoms with Gasteiger partial charge in [-0.15, -0.1) is 0 Å². The number of methoxy groups -OCH3 is 2. The van der Waals surface area contributed by atoms with Gasteiger partial charge in [-0.3, -0.25) is 0 Å². The van der Waals surface area contributed by atoms with Crippen molar-refractivity contribution in [1.29, 1.82) is 0 Å². The van der Waals surface area contributed by atoms with Crippen molar-refractivity contribution in [3.8, 4) is 0 Å². The van der Waals surface area contributed by atoms with E-state index in [1.54, 1.807) is 0 Å². The Morgan fingerprint density at radius 1 is 1.29 bits per heavy atom. The quantitative estimate of drug-likeness (QED) is 0.503. The van der Waals surface area contributed by atoms with Crippen molar-refractivity contribution in [3.63, 3.8) is 0 Å². The molecule has 0 aromatic rings. The summed E-state index contributed by atoms with van der Waals surface area (Å²) in [5.41, 5.74) is 0. The van der Waals surface area contributed by atoms with E-state index >= 15 is 0 Å². The molecular weight excluding hydrogens is 192 g/mol. The average molecular weight is 210 g/mol. The van der Waals surface area contributed by atoms with Crippen LogP contribution in [0.3, 0.4) is 0 Å². The van der Waals surface area contributed by atoms with Gasteiger partial charge in [0.2, 0.25) is 0 Å². The third-order valence-corrected chi connectivity index (χ3v) is 2.20. The van der Waals surface area contributed by atoms with Crippen molar-refractivity contribution in [3.05, 3.63) is 0 Å². The first-order valence-corrected chi connectivity index (χ1v) is 4.09. The number of aliphatic hydroxyl groups is 3. The molecule has 3 N–H and O–H groups in total. The molecule has 6 nitrogen and oxygen atoms in total. The Balaban J connectivity index is 2.76. The van der Waals surface area contributed by atoms with E-state index < -0.39 is 51.5 Å². The second kappa shape index (κ2) is 5.01. The van der Waals surface area contributed by atoms with E-state index in [0.29, 0.717) is 0 Å². The fraction of sp³-hybridized carbons (Fsp3) is 1.00. The molecule has 84 valence electrons. The maximum Gasteiger partial charge on any atom is 0.184 e. The van der Waals surface area contributed by atoms with Gasteiger partial charge in [-0.05, 0) is 0 Å². The minimum Gasteiger partial charge on any atom is -0.394 e. The van der Waals surface area contributed by atoms with Crippen molar-refractivity contribution in [2.75, 3.05) is 20.8 Å². The summed E-state index contributed by atoms with van der Waals surface area (Å²) in [6.07, 6.45) is -5.64. The van der Waals surface area contributed by atoms with Crippen LogP contribution in [0.4, 0.5) is 0 Å². The van der Waals surface area contributed by atoms with Gasteiger partial charge in [-0.1, -0.05) is 0 Å². The Hall–Kier alpha value is -0.240. The third-order valence-electron chi connectivity index (χ3n) is 2.20. The van der Waals surface area contributed by atoms with Crippen LogP contribution in [-0.2, 0) is 14.2 Å². The van der Waals surface area contributed by atoms with Crippen LogP contribution in [0.1, 0.15) is 2.74 Å². The van der Waals surface area contributed by atoms with Crippen LogP contribution in [-0.4, -0.2) is 66.8 Å². The van der Waals surface area contributed by atoms with Crippen LogP contribution in [0.2, 0.25) is 0 Å². The molecule has 1 unspecified atom stereocenters. The molecule has 0 amide bonds. The first kappa shape index (κ1) is 9.02. The molecule has 0 aromatic carbocycles. The SMILES string of the molecule is [2H]CO[C@H]1[C@H](OC[2H])[C@@H](O)C(O)O[C@@H]1CO. The highest BCUT2D eigenvalue weighted by Crippen LogP contribution is 2.23. The van der Waals surface area contributed by atoms with E-state index in [9.17, 15) is 10.2 Å². The Bertz CT molecular complexity index is 201.